The fourth-order valence-electron chi connectivity index (χ4n) is 5.35. The van der Waals surface area contributed by atoms with E-state index >= 15 is 0 Å². The molecule has 3 atom stereocenters. The molecule has 1 heterocycles. The van der Waals surface area contributed by atoms with Gasteiger partial charge in [0.2, 0.25) is 0 Å². The number of fused-ring (bicyclic) bond motifs is 4. The maximum Gasteiger partial charge on any atom is 0.119 e. The van der Waals surface area contributed by atoms with Crippen molar-refractivity contribution in [1.82, 2.24) is 4.90 Å². The first kappa shape index (κ1) is 16.9. The lowest BCUT2D eigenvalue weighted by Gasteiger charge is -2.56. The maximum atomic E-state index is 10.3. The predicted octanol–water partition coefficient (Wildman–Crippen LogP) is 2.89. The molecule has 1 N–H and O–H groups in total. The van der Waals surface area contributed by atoms with E-state index in [-0.39, 0.29) is 17.9 Å². The molecule has 4 rings (SSSR count). The molecular formula is C21H28N2O2. The Kier molecular flexibility index (Phi) is 4.47. The highest BCUT2D eigenvalue weighted by atomic mass is 16.5. The molecule has 4 nitrogen and oxygen atoms in total. The van der Waals surface area contributed by atoms with E-state index in [1.54, 1.807) is 7.11 Å². The zero-order valence-corrected chi connectivity index (χ0v) is 15.1. The molecule has 2 fully saturated rings. The molecule has 0 amide bonds. The molecule has 4 heteroatoms. The summed E-state index contributed by atoms with van der Waals surface area (Å²) in [5.74, 6) is 1.96. The van der Waals surface area contributed by atoms with Crippen LogP contribution in [-0.4, -0.2) is 42.9 Å². The van der Waals surface area contributed by atoms with Gasteiger partial charge in [0.15, 0.2) is 0 Å². The van der Waals surface area contributed by atoms with Crippen molar-refractivity contribution in [1.29, 1.82) is 5.26 Å². The van der Waals surface area contributed by atoms with Crippen LogP contribution in [-0.2, 0) is 11.8 Å². The van der Waals surface area contributed by atoms with Crippen molar-refractivity contribution in [3.63, 3.8) is 0 Å². The number of methoxy groups -OCH3 is 1. The van der Waals surface area contributed by atoms with Crippen LogP contribution in [0.2, 0.25) is 0 Å². The van der Waals surface area contributed by atoms with Crippen LogP contribution in [0.4, 0.5) is 0 Å². The first-order valence-corrected chi connectivity index (χ1v) is 9.61. The predicted molar refractivity (Wildman–Crippen MR) is 96.5 cm³/mol. The number of rotatable bonds is 6. The lowest BCUT2D eigenvalue weighted by Crippen LogP contribution is -2.61. The van der Waals surface area contributed by atoms with Gasteiger partial charge in [-0.2, -0.15) is 5.26 Å². The van der Waals surface area contributed by atoms with Crippen LogP contribution in [0.1, 0.15) is 43.2 Å². The maximum absolute atomic E-state index is 10.3. The van der Waals surface area contributed by atoms with E-state index in [0.29, 0.717) is 12.5 Å². The standard InChI is InChI=1S/C21H28N2O2/c1-25-17-6-5-16-11-20-19(14-24)21(7-2-9-22,18(16)12-17)8-10-23(20)13-15-3-4-15/h5-6,12,15,19-20,24H,2-4,7-8,10-11,13-14H2,1H3/t19-,20+,21-/m0/s1. The van der Waals surface area contributed by atoms with Gasteiger partial charge in [-0.05, 0) is 67.8 Å². The Morgan fingerprint density at radius 3 is 2.92 bits per heavy atom. The van der Waals surface area contributed by atoms with Gasteiger partial charge in [0.25, 0.3) is 0 Å². The largest absolute Gasteiger partial charge is 0.497 e. The summed E-state index contributed by atoms with van der Waals surface area (Å²) in [7, 11) is 1.71. The van der Waals surface area contributed by atoms with Gasteiger partial charge in [0, 0.05) is 36.9 Å². The van der Waals surface area contributed by atoms with E-state index < -0.39 is 0 Å². The molecule has 0 aromatic heterocycles. The Balaban J connectivity index is 1.76. The van der Waals surface area contributed by atoms with Crippen LogP contribution in [0.15, 0.2) is 18.2 Å². The molecule has 1 aliphatic heterocycles. The minimum absolute atomic E-state index is 0.0860. The van der Waals surface area contributed by atoms with Crippen LogP contribution in [0.3, 0.4) is 0 Å². The number of piperidine rings is 1. The van der Waals surface area contributed by atoms with E-state index in [1.165, 1.54) is 30.5 Å². The molecule has 1 saturated heterocycles. The first-order valence-electron chi connectivity index (χ1n) is 9.61. The lowest BCUT2D eigenvalue weighted by molar-refractivity contribution is -0.0207. The Hall–Kier alpha value is -1.57. The van der Waals surface area contributed by atoms with Crippen molar-refractivity contribution in [2.45, 2.75) is 50.0 Å². The molecule has 0 radical (unpaired) electrons. The summed E-state index contributed by atoms with van der Waals surface area (Å²) >= 11 is 0. The third-order valence-electron chi connectivity index (χ3n) is 6.84. The minimum atomic E-state index is -0.0860. The average Bonchev–Trinajstić information content (AvgIpc) is 3.46. The average molecular weight is 340 g/mol. The van der Waals surface area contributed by atoms with Crippen LogP contribution < -0.4 is 4.74 Å². The number of hydrogen-bond acceptors (Lipinski definition) is 4. The van der Waals surface area contributed by atoms with Crippen molar-refractivity contribution in [3.05, 3.63) is 29.3 Å². The highest BCUT2D eigenvalue weighted by Crippen LogP contribution is 2.52. The second-order valence-corrected chi connectivity index (χ2v) is 8.09. The molecule has 0 spiro atoms. The topological polar surface area (TPSA) is 56.5 Å². The molecule has 25 heavy (non-hydrogen) atoms. The van der Waals surface area contributed by atoms with E-state index in [0.717, 1.165) is 37.5 Å². The smallest absolute Gasteiger partial charge is 0.119 e. The van der Waals surface area contributed by atoms with Gasteiger partial charge in [-0.3, -0.25) is 4.90 Å². The van der Waals surface area contributed by atoms with Crippen LogP contribution in [0.25, 0.3) is 0 Å². The first-order chi connectivity index (χ1) is 12.2. The van der Waals surface area contributed by atoms with Crippen molar-refractivity contribution < 1.29 is 9.84 Å². The molecule has 1 saturated carbocycles. The number of aliphatic hydroxyl groups is 1. The highest BCUT2D eigenvalue weighted by Gasteiger charge is 2.53. The second kappa shape index (κ2) is 6.63. The molecule has 1 aromatic carbocycles. The molecule has 134 valence electrons. The zero-order chi connectivity index (χ0) is 17.4. The van der Waals surface area contributed by atoms with Gasteiger partial charge in [-0.25, -0.2) is 0 Å². The van der Waals surface area contributed by atoms with Gasteiger partial charge in [0.05, 0.1) is 13.2 Å². The van der Waals surface area contributed by atoms with Crippen molar-refractivity contribution in [2.75, 3.05) is 26.8 Å². The van der Waals surface area contributed by atoms with Gasteiger partial charge < -0.3 is 9.84 Å². The fraction of sp³-hybridized carbons (Fsp3) is 0.667. The number of nitriles is 1. The monoisotopic (exact) mass is 340 g/mol. The third kappa shape index (κ3) is 2.84. The number of benzene rings is 1. The summed E-state index contributed by atoms with van der Waals surface area (Å²) in [6, 6.07) is 9.17. The summed E-state index contributed by atoms with van der Waals surface area (Å²) in [5, 5.41) is 19.6. The van der Waals surface area contributed by atoms with E-state index in [2.05, 4.69) is 29.2 Å². The molecule has 2 bridgehead atoms. The van der Waals surface area contributed by atoms with Gasteiger partial charge >= 0.3 is 0 Å². The van der Waals surface area contributed by atoms with E-state index in [1.807, 2.05) is 0 Å². The molecule has 3 aliphatic rings. The number of ether oxygens (including phenoxy) is 1. The minimum Gasteiger partial charge on any atom is -0.497 e. The Morgan fingerprint density at radius 2 is 2.24 bits per heavy atom. The Bertz CT molecular complexity index is 679. The number of hydrogen-bond donors (Lipinski definition) is 1. The fourth-order valence-corrected chi connectivity index (χ4v) is 5.35. The SMILES string of the molecule is COc1ccc2c(c1)[C@]1(CCC#N)CCN(CC3CC3)[C@H](C2)[C@@H]1CO. The molecule has 2 aliphatic carbocycles. The van der Waals surface area contributed by atoms with Crippen molar-refractivity contribution in [2.24, 2.45) is 11.8 Å². The van der Waals surface area contributed by atoms with Crippen LogP contribution in [0.5, 0.6) is 5.75 Å². The Morgan fingerprint density at radius 1 is 1.40 bits per heavy atom. The quantitative estimate of drug-likeness (QED) is 0.865. The lowest BCUT2D eigenvalue weighted by atomic mass is 9.55. The summed E-state index contributed by atoms with van der Waals surface area (Å²) in [5.41, 5.74) is 2.62. The summed E-state index contributed by atoms with van der Waals surface area (Å²) in [6.45, 7) is 2.47. The van der Waals surface area contributed by atoms with Gasteiger partial charge in [-0.15, -0.1) is 0 Å². The second-order valence-electron chi connectivity index (χ2n) is 8.09. The highest BCUT2D eigenvalue weighted by molar-refractivity contribution is 5.45. The Labute approximate surface area is 150 Å². The molecule has 0 unspecified atom stereocenters. The normalized spacial score (nSPS) is 31.2. The van der Waals surface area contributed by atoms with Gasteiger partial charge in [-0.1, -0.05) is 6.07 Å². The van der Waals surface area contributed by atoms with Crippen molar-refractivity contribution >= 4 is 0 Å². The summed E-state index contributed by atoms with van der Waals surface area (Å²) < 4.78 is 5.48. The molecular weight excluding hydrogens is 312 g/mol. The van der Waals surface area contributed by atoms with Crippen LogP contribution >= 0.6 is 0 Å². The van der Waals surface area contributed by atoms with E-state index in [4.69, 9.17) is 4.74 Å². The number of nitrogens with zero attached hydrogens (tertiary/aromatic N) is 2. The van der Waals surface area contributed by atoms with Gasteiger partial charge in [0.1, 0.15) is 5.75 Å². The summed E-state index contributed by atoms with van der Waals surface area (Å²) in [6.07, 6.45) is 6.14. The van der Waals surface area contributed by atoms with E-state index in [9.17, 15) is 10.4 Å². The number of aliphatic hydroxyl groups excluding tert-OH is 1. The molecule has 1 aromatic rings. The zero-order valence-electron chi connectivity index (χ0n) is 15.1. The summed E-state index contributed by atoms with van der Waals surface area (Å²) in [4.78, 5) is 2.64. The third-order valence-corrected chi connectivity index (χ3v) is 6.84. The van der Waals surface area contributed by atoms with Crippen molar-refractivity contribution in [3.8, 4) is 11.8 Å². The number of likely N-dealkylation sites (tertiary alicyclic amines) is 1. The van der Waals surface area contributed by atoms with Crippen LogP contribution in [0, 0.1) is 23.2 Å².